The van der Waals surface area contributed by atoms with E-state index in [0.29, 0.717) is 26.1 Å². The average Bonchev–Trinajstić information content (AvgIpc) is 2.60. The quantitative estimate of drug-likeness (QED) is 0.588. The molecule has 0 radical (unpaired) electrons. The first-order valence-corrected chi connectivity index (χ1v) is 8.17. The highest BCUT2D eigenvalue weighted by Crippen LogP contribution is 2.21. The van der Waals surface area contributed by atoms with Gasteiger partial charge in [0.15, 0.2) is 5.60 Å². The molecular formula is C18H29NO4. The molecule has 0 aromatic heterocycles. The number of nitrogens with zero attached hydrogens (tertiary/aromatic N) is 1. The Bertz CT molecular complexity index is 448. The summed E-state index contributed by atoms with van der Waals surface area (Å²) in [4.78, 5) is 14.6. The van der Waals surface area contributed by atoms with Gasteiger partial charge in [0.2, 0.25) is 0 Å². The van der Waals surface area contributed by atoms with Crippen molar-refractivity contribution in [1.82, 2.24) is 4.90 Å². The second kappa shape index (κ2) is 10.4. The van der Waals surface area contributed by atoms with Crippen molar-refractivity contribution < 1.29 is 19.0 Å². The van der Waals surface area contributed by atoms with Crippen LogP contribution in [0.3, 0.4) is 0 Å². The summed E-state index contributed by atoms with van der Waals surface area (Å²) in [5.41, 5.74) is 0.0658. The number of likely N-dealkylation sites (N-methyl/N-ethyl adjacent to an activating group) is 1. The minimum atomic E-state index is -1.00. The molecule has 1 aromatic rings. The number of ether oxygens (including phenoxy) is 3. The summed E-state index contributed by atoms with van der Waals surface area (Å²) in [7, 11) is 1.55. The predicted molar refractivity (Wildman–Crippen MR) is 90.0 cm³/mol. The van der Waals surface area contributed by atoms with Gasteiger partial charge < -0.3 is 19.1 Å². The average molecular weight is 323 g/mol. The van der Waals surface area contributed by atoms with E-state index >= 15 is 0 Å². The summed E-state index contributed by atoms with van der Waals surface area (Å²) in [6, 6.07) is 9.89. The van der Waals surface area contributed by atoms with E-state index < -0.39 is 5.60 Å². The molecule has 1 aromatic carbocycles. The van der Waals surface area contributed by atoms with Crippen LogP contribution in [-0.2, 0) is 25.6 Å². The molecule has 0 unspecified atom stereocenters. The summed E-state index contributed by atoms with van der Waals surface area (Å²) in [5, 5.41) is 0. The number of methoxy groups -OCH3 is 1. The maximum absolute atomic E-state index is 12.9. The lowest BCUT2D eigenvalue weighted by Crippen LogP contribution is -2.53. The van der Waals surface area contributed by atoms with E-state index in [1.807, 2.05) is 51.1 Å². The largest absolute Gasteiger partial charge is 0.373 e. The van der Waals surface area contributed by atoms with Crippen molar-refractivity contribution in [3.63, 3.8) is 0 Å². The first-order chi connectivity index (χ1) is 11.1. The zero-order valence-corrected chi connectivity index (χ0v) is 14.7. The van der Waals surface area contributed by atoms with Gasteiger partial charge in [-0.15, -0.1) is 0 Å². The van der Waals surface area contributed by atoms with Crippen LogP contribution in [-0.4, -0.2) is 50.0 Å². The molecule has 0 N–H and O–H groups in total. The number of amides is 1. The van der Waals surface area contributed by atoms with Crippen LogP contribution in [0.5, 0.6) is 0 Å². The van der Waals surface area contributed by atoms with Gasteiger partial charge in [-0.2, -0.15) is 0 Å². The lowest BCUT2D eigenvalue weighted by molar-refractivity contribution is -0.188. The van der Waals surface area contributed by atoms with E-state index in [1.165, 1.54) is 0 Å². The van der Waals surface area contributed by atoms with Gasteiger partial charge in [-0.25, -0.2) is 0 Å². The third-order valence-electron chi connectivity index (χ3n) is 3.91. The van der Waals surface area contributed by atoms with Crippen LogP contribution in [0.15, 0.2) is 30.3 Å². The van der Waals surface area contributed by atoms with Crippen LogP contribution in [0, 0.1) is 0 Å². The molecule has 1 amide bonds. The molecule has 0 saturated heterocycles. The van der Waals surface area contributed by atoms with Gasteiger partial charge in [0.25, 0.3) is 5.91 Å². The van der Waals surface area contributed by atoms with Gasteiger partial charge >= 0.3 is 0 Å². The highest BCUT2D eigenvalue weighted by atomic mass is 16.7. The van der Waals surface area contributed by atoms with E-state index in [9.17, 15) is 4.79 Å². The van der Waals surface area contributed by atoms with Gasteiger partial charge in [-0.3, -0.25) is 4.79 Å². The molecular weight excluding hydrogens is 294 g/mol. The fraction of sp³-hybridized carbons (Fsp3) is 0.611. The summed E-state index contributed by atoms with van der Waals surface area (Å²) < 4.78 is 16.6. The normalized spacial score (nSPS) is 13.6. The second-order valence-corrected chi connectivity index (χ2v) is 5.35. The number of hydrogen-bond donors (Lipinski definition) is 0. The minimum absolute atomic E-state index is 0.0462. The molecule has 0 spiro atoms. The monoisotopic (exact) mass is 323 g/mol. The summed E-state index contributed by atoms with van der Waals surface area (Å²) >= 11 is 0. The molecule has 0 fully saturated rings. The van der Waals surface area contributed by atoms with Gasteiger partial charge in [0.1, 0.15) is 6.79 Å². The Morgan fingerprint density at radius 3 is 2.30 bits per heavy atom. The highest BCUT2D eigenvalue weighted by molar-refractivity contribution is 5.85. The molecule has 0 heterocycles. The van der Waals surface area contributed by atoms with Crippen molar-refractivity contribution in [2.24, 2.45) is 0 Å². The van der Waals surface area contributed by atoms with Crippen molar-refractivity contribution in [2.45, 2.75) is 39.4 Å². The molecule has 0 bridgehead atoms. The maximum atomic E-state index is 12.9. The number of hydrogen-bond acceptors (Lipinski definition) is 4. The third-order valence-corrected chi connectivity index (χ3v) is 3.91. The summed E-state index contributed by atoms with van der Waals surface area (Å²) in [5.74, 6) is -0.0462. The van der Waals surface area contributed by atoms with Crippen LogP contribution >= 0.6 is 0 Å². The van der Waals surface area contributed by atoms with E-state index in [2.05, 4.69) is 0 Å². The molecule has 0 saturated carbocycles. The van der Waals surface area contributed by atoms with E-state index in [0.717, 1.165) is 5.56 Å². The van der Waals surface area contributed by atoms with Gasteiger partial charge in [0.05, 0.1) is 13.2 Å². The Morgan fingerprint density at radius 1 is 1.13 bits per heavy atom. The number of carbonyl (C=O) groups is 1. The zero-order valence-electron chi connectivity index (χ0n) is 14.7. The molecule has 5 heteroatoms. The van der Waals surface area contributed by atoms with Crippen molar-refractivity contribution in [3.8, 4) is 0 Å². The van der Waals surface area contributed by atoms with Crippen molar-refractivity contribution in [1.29, 1.82) is 0 Å². The molecule has 23 heavy (non-hydrogen) atoms. The molecule has 130 valence electrons. The van der Waals surface area contributed by atoms with Crippen LogP contribution in [0.4, 0.5) is 0 Å². The first kappa shape index (κ1) is 19.6. The fourth-order valence-electron chi connectivity index (χ4n) is 2.40. The van der Waals surface area contributed by atoms with E-state index in [1.54, 1.807) is 12.0 Å². The van der Waals surface area contributed by atoms with E-state index in [4.69, 9.17) is 14.2 Å². The second-order valence-electron chi connectivity index (χ2n) is 5.35. The standard InChI is InChI=1S/C18H29NO4/c1-5-18(23-15-21-4,17(20)19(6-2)7-3)14-22-13-16-11-9-8-10-12-16/h8-12H,5-7,13-15H2,1-4H3/t18-/m0/s1. The minimum Gasteiger partial charge on any atom is -0.373 e. The van der Waals surface area contributed by atoms with Crippen molar-refractivity contribution in [3.05, 3.63) is 35.9 Å². The first-order valence-electron chi connectivity index (χ1n) is 8.17. The van der Waals surface area contributed by atoms with Crippen molar-refractivity contribution >= 4 is 5.91 Å². The van der Waals surface area contributed by atoms with Crippen LogP contribution in [0.25, 0.3) is 0 Å². The number of rotatable bonds is 11. The Kier molecular flexibility index (Phi) is 8.84. The smallest absolute Gasteiger partial charge is 0.257 e. The summed E-state index contributed by atoms with van der Waals surface area (Å²) in [6.45, 7) is 7.87. The van der Waals surface area contributed by atoms with Gasteiger partial charge in [-0.05, 0) is 25.8 Å². The van der Waals surface area contributed by atoms with Gasteiger partial charge in [-0.1, -0.05) is 37.3 Å². The summed E-state index contributed by atoms with van der Waals surface area (Å²) in [6.07, 6.45) is 0.528. The fourth-order valence-corrected chi connectivity index (χ4v) is 2.40. The Morgan fingerprint density at radius 2 is 1.78 bits per heavy atom. The van der Waals surface area contributed by atoms with E-state index in [-0.39, 0.29) is 19.3 Å². The third kappa shape index (κ3) is 5.61. The highest BCUT2D eigenvalue weighted by Gasteiger charge is 2.40. The Labute approximate surface area is 139 Å². The maximum Gasteiger partial charge on any atom is 0.257 e. The molecule has 1 atom stereocenters. The topological polar surface area (TPSA) is 48.0 Å². The SMILES string of the molecule is CCN(CC)C(=O)[C@](CC)(COCc1ccccc1)OCOC. The Balaban J connectivity index is 2.79. The molecule has 0 aliphatic heterocycles. The van der Waals surface area contributed by atoms with Crippen molar-refractivity contribution in [2.75, 3.05) is 33.6 Å². The number of carbonyl (C=O) groups excluding carboxylic acids is 1. The van der Waals surface area contributed by atoms with Gasteiger partial charge in [0, 0.05) is 20.2 Å². The Hall–Kier alpha value is -1.43. The lowest BCUT2D eigenvalue weighted by Gasteiger charge is -2.35. The van der Waals surface area contributed by atoms with Crippen LogP contribution < -0.4 is 0 Å². The predicted octanol–water partition coefficient (Wildman–Crippen LogP) is 2.84. The van der Waals surface area contributed by atoms with Crippen LogP contribution in [0.1, 0.15) is 32.8 Å². The molecule has 0 aliphatic rings. The number of benzene rings is 1. The molecule has 5 nitrogen and oxygen atoms in total. The zero-order chi connectivity index (χ0) is 17.1. The van der Waals surface area contributed by atoms with Crippen LogP contribution in [0.2, 0.25) is 0 Å². The molecule has 0 aliphatic carbocycles. The lowest BCUT2D eigenvalue weighted by atomic mass is 9.99. The molecule has 1 rings (SSSR count).